The van der Waals surface area contributed by atoms with Gasteiger partial charge in [0.15, 0.2) is 0 Å². The van der Waals surface area contributed by atoms with E-state index in [9.17, 15) is 0 Å². The van der Waals surface area contributed by atoms with E-state index >= 15 is 0 Å². The minimum Gasteiger partial charge on any atom is -0.198 e. The summed E-state index contributed by atoms with van der Waals surface area (Å²) in [5.41, 5.74) is 0. The average molecular weight is 249 g/mol. The lowest BCUT2D eigenvalue weighted by Gasteiger charge is -2.01. The normalized spacial score (nSPS) is 10.9. The Morgan fingerprint density at radius 3 is 1.72 bits per heavy atom. The highest BCUT2D eigenvalue weighted by atomic mass is 14.2. The van der Waals surface area contributed by atoms with Crippen LogP contribution in [0.25, 0.3) is 0 Å². The second kappa shape index (κ2) is 16.2. The average Bonchev–Trinajstić information content (AvgIpc) is 2.39. The van der Waals surface area contributed by atoms with E-state index in [1.54, 1.807) is 0 Å². The molecule has 1 heteroatoms. The molecule has 0 aromatic rings. The van der Waals surface area contributed by atoms with Crippen molar-refractivity contribution in [2.24, 2.45) is 0 Å². The van der Waals surface area contributed by atoms with Gasteiger partial charge in [-0.1, -0.05) is 83.3 Å². The number of hydrogen-bond donors (Lipinski definition) is 0. The lowest BCUT2D eigenvalue weighted by atomic mass is 10.1. The second-order valence-corrected chi connectivity index (χ2v) is 5.16. The van der Waals surface area contributed by atoms with E-state index in [4.69, 9.17) is 5.26 Å². The Hall–Kier alpha value is -0.770. The predicted molar refractivity (Wildman–Crippen MR) is 80.4 cm³/mol. The van der Waals surface area contributed by atoms with Gasteiger partial charge in [-0.15, -0.1) is 0 Å². The third-order valence-corrected chi connectivity index (χ3v) is 3.35. The highest BCUT2D eigenvalue weighted by Crippen LogP contribution is 2.11. The summed E-state index contributed by atoms with van der Waals surface area (Å²) in [4.78, 5) is 0. The van der Waals surface area contributed by atoms with Crippen LogP contribution in [0.5, 0.6) is 0 Å². The fraction of sp³-hybridized carbons (Fsp3) is 0.824. The molecule has 0 radical (unpaired) electrons. The van der Waals surface area contributed by atoms with Crippen LogP contribution in [0, 0.1) is 11.3 Å². The minimum absolute atomic E-state index is 0.567. The van der Waals surface area contributed by atoms with E-state index in [-0.39, 0.29) is 0 Å². The zero-order valence-corrected chi connectivity index (χ0v) is 12.3. The molecule has 0 aliphatic carbocycles. The molecule has 0 rings (SSSR count). The maximum atomic E-state index is 8.36. The first-order chi connectivity index (χ1) is 8.91. The van der Waals surface area contributed by atoms with Crippen molar-refractivity contribution >= 4 is 0 Å². The summed E-state index contributed by atoms with van der Waals surface area (Å²) in [5, 5.41) is 8.36. The van der Waals surface area contributed by atoms with Crippen LogP contribution in [-0.2, 0) is 0 Å². The summed E-state index contributed by atoms with van der Waals surface area (Å²) in [6.45, 7) is 2.27. The minimum atomic E-state index is 0.567. The van der Waals surface area contributed by atoms with Crippen molar-refractivity contribution in [3.63, 3.8) is 0 Å². The lowest BCUT2D eigenvalue weighted by molar-refractivity contribution is 0.550. The maximum absolute atomic E-state index is 8.36. The van der Waals surface area contributed by atoms with Crippen molar-refractivity contribution in [1.29, 1.82) is 5.26 Å². The van der Waals surface area contributed by atoms with E-state index in [0.717, 1.165) is 6.42 Å². The van der Waals surface area contributed by atoms with Crippen LogP contribution in [0.3, 0.4) is 0 Å². The number of hydrogen-bond acceptors (Lipinski definition) is 1. The van der Waals surface area contributed by atoms with Crippen LogP contribution in [0.15, 0.2) is 12.2 Å². The second-order valence-electron chi connectivity index (χ2n) is 5.16. The van der Waals surface area contributed by atoms with Gasteiger partial charge in [0.1, 0.15) is 0 Å². The van der Waals surface area contributed by atoms with E-state index in [2.05, 4.69) is 19.1 Å². The summed E-state index contributed by atoms with van der Waals surface area (Å²) in [6.07, 6.45) is 21.2. The molecule has 0 atom stereocenters. The van der Waals surface area contributed by atoms with Crippen LogP contribution in [-0.4, -0.2) is 0 Å². The number of nitriles is 1. The standard InChI is InChI=1S/C17H31N/c1-2-3-4-5-6-7-8-9-10-11-12-13-14-15-16-17-18/h14-15H,2-13,16H2,1H3. The van der Waals surface area contributed by atoms with Crippen LogP contribution >= 0.6 is 0 Å². The molecular formula is C17H31N. The number of unbranched alkanes of at least 4 members (excludes halogenated alkanes) is 11. The molecule has 0 fully saturated rings. The highest BCUT2D eigenvalue weighted by Gasteiger charge is 1.92. The van der Waals surface area contributed by atoms with E-state index < -0.39 is 0 Å². The van der Waals surface area contributed by atoms with Gasteiger partial charge in [0.25, 0.3) is 0 Å². The van der Waals surface area contributed by atoms with Crippen LogP contribution in [0.2, 0.25) is 0 Å². The van der Waals surface area contributed by atoms with Gasteiger partial charge in [-0.05, 0) is 12.8 Å². The zero-order valence-electron chi connectivity index (χ0n) is 12.3. The fourth-order valence-corrected chi connectivity index (χ4v) is 2.18. The van der Waals surface area contributed by atoms with Crippen LogP contribution in [0.1, 0.15) is 90.4 Å². The first-order valence-electron chi connectivity index (χ1n) is 7.93. The molecule has 0 saturated heterocycles. The number of allylic oxidation sites excluding steroid dienone is 2. The molecule has 0 aromatic heterocycles. The van der Waals surface area contributed by atoms with Gasteiger partial charge in [0.2, 0.25) is 0 Å². The molecule has 1 nitrogen and oxygen atoms in total. The third-order valence-electron chi connectivity index (χ3n) is 3.35. The summed E-state index contributed by atoms with van der Waals surface area (Å²) in [5.74, 6) is 0. The first-order valence-corrected chi connectivity index (χ1v) is 7.93. The Bertz CT molecular complexity index is 212. The SMILES string of the molecule is CCCCCCCCCCCCCC=CCC#N. The third kappa shape index (κ3) is 15.2. The molecule has 0 N–H and O–H groups in total. The van der Waals surface area contributed by atoms with Crippen molar-refractivity contribution < 1.29 is 0 Å². The molecule has 0 unspecified atom stereocenters. The number of rotatable bonds is 13. The smallest absolute Gasteiger partial charge is 0.0663 e. The van der Waals surface area contributed by atoms with Gasteiger partial charge in [0, 0.05) is 0 Å². The van der Waals surface area contributed by atoms with Gasteiger partial charge < -0.3 is 0 Å². The zero-order chi connectivity index (χ0) is 13.3. The molecule has 0 spiro atoms. The van der Waals surface area contributed by atoms with Crippen LogP contribution in [0.4, 0.5) is 0 Å². The van der Waals surface area contributed by atoms with Gasteiger partial charge in [-0.2, -0.15) is 5.26 Å². The van der Waals surface area contributed by atoms with Gasteiger partial charge in [0.05, 0.1) is 12.5 Å². The molecule has 0 aromatic carbocycles. The van der Waals surface area contributed by atoms with E-state index in [1.807, 2.05) is 6.08 Å². The van der Waals surface area contributed by atoms with E-state index in [1.165, 1.54) is 70.6 Å². The Morgan fingerprint density at radius 2 is 1.22 bits per heavy atom. The molecule has 0 aliphatic rings. The highest BCUT2D eigenvalue weighted by molar-refractivity contribution is 4.90. The maximum Gasteiger partial charge on any atom is 0.0663 e. The topological polar surface area (TPSA) is 23.8 Å². The Labute approximate surface area is 114 Å². The van der Waals surface area contributed by atoms with E-state index in [0.29, 0.717) is 6.42 Å². The number of nitrogens with zero attached hydrogens (tertiary/aromatic N) is 1. The summed E-state index contributed by atoms with van der Waals surface area (Å²) < 4.78 is 0. The Morgan fingerprint density at radius 1 is 0.722 bits per heavy atom. The predicted octanol–water partition coefficient (Wildman–Crippen LogP) is 6.16. The van der Waals surface area contributed by atoms with Crippen molar-refractivity contribution in [1.82, 2.24) is 0 Å². The largest absolute Gasteiger partial charge is 0.198 e. The van der Waals surface area contributed by atoms with Crippen molar-refractivity contribution in [3.8, 4) is 6.07 Å². The molecule has 0 aliphatic heterocycles. The Balaban J connectivity index is 2.97. The lowest BCUT2D eigenvalue weighted by Crippen LogP contribution is -1.81. The molecule has 104 valence electrons. The molecule has 0 amide bonds. The summed E-state index contributed by atoms with van der Waals surface area (Å²) >= 11 is 0. The fourth-order valence-electron chi connectivity index (χ4n) is 2.18. The first kappa shape index (κ1) is 17.2. The molecule has 18 heavy (non-hydrogen) atoms. The quantitative estimate of drug-likeness (QED) is 0.283. The Kier molecular flexibility index (Phi) is 15.5. The van der Waals surface area contributed by atoms with Crippen molar-refractivity contribution in [3.05, 3.63) is 12.2 Å². The molecule has 0 bridgehead atoms. The monoisotopic (exact) mass is 249 g/mol. The molecular weight excluding hydrogens is 218 g/mol. The van der Waals surface area contributed by atoms with Crippen LogP contribution < -0.4 is 0 Å². The summed E-state index contributed by atoms with van der Waals surface area (Å²) in [6, 6.07) is 2.12. The van der Waals surface area contributed by atoms with Gasteiger partial charge in [-0.25, -0.2) is 0 Å². The van der Waals surface area contributed by atoms with Crippen molar-refractivity contribution in [2.75, 3.05) is 0 Å². The molecule has 0 saturated carbocycles. The summed E-state index contributed by atoms with van der Waals surface area (Å²) in [7, 11) is 0. The van der Waals surface area contributed by atoms with Crippen molar-refractivity contribution in [2.45, 2.75) is 90.4 Å². The van der Waals surface area contributed by atoms with Gasteiger partial charge >= 0.3 is 0 Å². The van der Waals surface area contributed by atoms with Gasteiger partial charge in [-0.3, -0.25) is 0 Å². The molecule has 0 heterocycles.